The monoisotopic (exact) mass is 376 g/mol. The zero-order chi connectivity index (χ0) is 19.7. The predicted octanol–water partition coefficient (Wildman–Crippen LogP) is 1.93. The summed E-state index contributed by atoms with van der Waals surface area (Å²) in [6.07, 6.45) is 0. The molecule has 1 amide bonds. The summed E-state index contributed by atoms with van der Waals surface area (Å²) in [6, 6.07) is 12.4. The summed E-state index contributed by atoms with van der Waals surface area (Å²) in [7, 11) is 0. The lowest BCUT2D eigenvalue weighted by Gasteiger charge is -2.36. The Kier molecular flexibility index (Phi) is 4.88. The normalized spacial score (nSPS) is 15.1. The maximum absolute atomic E-state index is 11.9. The lowest BCUT2D eigenvalue weighted by molar-refractivity contribution is -0.122. The molecular weight excluding hydrogens is 352 g/mol. The van der Waals surface area contributed by atoms with Crippen LogP contribution in [0.1, 0.15) is 18.1 Å². The fourth-order valence-corrected chi connectivity index (χ4v) is 3.89. The van der Waals surface area contributed by atoms with Crippen molar-refractivity contribution < 1.29 is 4.79 Å². The van der Waals surface area contributed by atoms with Crippen molar-refractivity contribution >= 4 is 28.4 Å². The Morgan fingerprint density at radius 1 is 1.25 bits per heavy atom. The molecule has 3 heterocycles. The third-order valence-corrected chi connectivity index (χ3v) is 5.30. The average molecular weight is 376 g/mol. The summed E-state index contributed by atoms with van der Waals surface area (Å²) in [6.45, 7) is 8.30. The van der Waals surface area contributed by atoms with Crippen molar-refractivity contribution in [2.45, 2.75) is 13.8 Å². The first-order valence-electron chi connectivity index (χ1n) is 9.67. The number of hydrogen-bond donors (Lipinski definition) is 1. The minimum Gasteiger partial charge on any atom is -0.355 e. The quantitative estimate of drug-likeness (QED) is 0.753. The molecule has 28 heavy (non-hydrogen) atoms. The van der Waals surface area contributed by atoms with E-state index in [9.17, 15) is 10.1 Å². The summed E-state index contributed by atoms with van der Waals surface area (Å²) < 4.78 is 2.10. The van der Waals surface area contributed by atoms with Gasteiger partial charge in [-0.25, -0.2) is 4.98 Å². The highest BCUT2D eigenvalue weighted by atomic mass is 16.2. The number of aromatic nitrogens is 2. The van der Waals surface area contributed by atoms with Crippen LogP contribution in [0.15, 0.2) is 30.3 Å². The van der Waals surface area contributed by atoms with Gasteiger partial charge in [0.25, 0.3) is 0 Å². The van der Waals surface area contributed by atoms with Crippen LogP contribution in [-0.2, 0) is 4.79 Å². The maximum atomic E-state index is 11.9. The van der Waals surface area contributed by atoms with Crippen LogP contribution in [0.25, 0.3) is 16.7 Å². The number of likely N-dealkylation sites (N-methyl/N-ethyl adjacent to an activating group) is 1. The molecule has 0 atom stereocenters. The van der Waals surface area contributed by atoms with Gasteiger partial charge in [-0.3, -0.25) is 14.1 Å². The van der Waals surface area contributed by atoms with Crippen molar-refractivity contribution in [1.82, 2.24) is 19.6 Å². The van der Waals surface area contributed by atoms with Crippen molar-refractivity contribution in [2.24, 2.45) is 0 Å². The van der Waals surface area contributed by atoms with Gasteiger partial charge in [-0.1, -0.05) is 12.1 Å². The van der Waals surface area contributed by atoms with E-state index in [1.807, 2.05) is 38.1 Å². The van der Waals surface area contributed by atoms with Crippen LogP contribution >= 0.6 is 0 Å². The van der Waals surface area contributed by atoms with E-state index < -0.39 is 0 Å². The lowest BCUT2D eigenvalue weighted by atomic mass is 10.1. The lowest BCUT2D eigenvalue weighted by Crippen LogP contribution is -2.50. The summed E-state index contributed by atoms with van der Waals surface area (Å²) in [5, 5.41) is 12.5. The first kappa shape index (κ1) is 18.3. The Morgan fingerprint density at radius 3 is 2.71 bits per heavy atom. The van der Waals surface area contributed by atoms with E-state index in [1.54, 1.807) is 0 Å². The standard InChI is InChI=1S/C21H24N6O/c1-3-23-19(28)14-25-8-10-26(11-9-25)20-12-15(2)16(13-22)21-24-17-6-4-5-7-18(17)27(20)21/h4-7,12H,3,8-11,14H2,1-2H3,(H,23,28). The molecule has 0 unspecified atom stereocenters. The van der Waals surface area contributed by atoms with E-state index >= 15 is 0 Å². The van der Waals surface area contributed by atoms with Gasteiger partial charge >= 0.3 is 0 Å². The Morgan fingerprint density at radius 2 is 2.00 bits per heavy atom. The number of para-hydroxylation sites is 2. The van der Waals surface area contributed by atoms with Crippen molar-refractivity contribution in [3.8, 4) is 6.07 Å². The number of nitrogens with one attached hydrogen (secondary N) is 1. The van der Waals surface area contributed by atoms with Crippen LogP contribution in [0.2, 0.25) is 0 Å². The minimum atomic E-state index is 0.0770. The van der Waals surface area contributed by atoms with Gasteiger partial charge in [-0.15, -0.1) is 0 Å². The van der Waals surface area contributed by atoms with Crippen LogP contribution in [-0.4, -0.2) is 59.5 Å². The number of hydrogen-bond acceptors (Lipinski definition) is 5. The molecule has 0 radical (unpaired) electrons. The van der Waals surface area contributed by atoms with Crippen LogP contribution in [0, 0.1) is 18.3 Å². The number of piperazine rings is 1. The fraction of sp³-hybridized carbons (Fsp3) is 0.381. The van der Waals surface area contributed by atoms with Gasteiger partial charge in [0.05, 0.1) is 23.1 Å². The molecule has 1 saturated heterocycles. The van der Waals surface area contributed by atoms with E-state index in [2.05, 4.69) is 31.7 Å². The summed E-state index contributed by atoms with van der Waals surface area (Å²) in [4.78, 5) is 21.1. The molecule has 3 aromatic rings. The molecule has 2 aromatic heterocycles. The molecule has 1 aromatic carbocycles. The molecule has 7 heteroatoms. The number of rotatable bonds is 4. The van der Waals surface area contributed by atoms with Crippen LogP contribution in [0.3, 0.4) is 0 Å². The smallest absolute Gasteiger partial charge is 0.234 e. The molecule has 1 aliphatic heterocycles. The van der Waals surface area contributed by atoms with Crippen molar-refractivity contribution in [1.29, 1.82) is 5.26 Å². The highest BCUT2D eigenvalue weighted by Crippen LogP contribution is 2.29. The molecule has 7 nitrogen and oxygen atoms in total. The number of benzene rings is 1. The Hall–Kier alpha value is -3.11. The van der Waals surface area contributed by atoms with Crippen LogP contribution in [0.4, 0.5) is 5.82 Å². The van der Waals surface area contributed by atoms with Crippen LogP contribution in [0.5, 0.6) is 0 Å². The first-order valence-corrected chi connectivity index (χ1v) is 9.67. The van der Waals surface area contributed by atoms with Gasteiger partial charge in [-0.05, 0) is 37.6 Å². The number of pyridine rings is 1. The summed E-state index contributed by atoms with van der Waals surface area (Å²) in [5.41, 5.74) is 4.16. The molecule has 0 aliphatic carbocycles. The molecule has 144 valence electrons. The molecule has 0 saturated carbocycles. The number of fused-ring (bicyclic) bond motifs is 3. The molecule has 0 bridgehead atoms. The zero-order valence-corrected chi connectivity index (χ0v) is 16.3. The van der Waals surface area contributed by atoms with E-state index in [-0.39, 0.29) is 5.91 Å². The number of amides is 1. The number of carbonyl (C=O) groups excluding carboxylic acids is 1. The van der Waals surface area contributed by atoms with E-state index in [4.69, 9.17) is 4.98 Å². The molecule has 1 fully saturated rings. The second-order valence-corrected chi connectivity index (χ2v) is 7.15. The predicted molar refractivity (Wildman–Crippen MR) is 109 cm³/mol. The third-order valence-electron chi connectivity index (χ3n) is 5.30. The Bertz CT molecular complexity index is 1070. The third kappa shape index (κ3) is 3.16. The van der Waals surface area contributed by atoms with Gasteiger partial charge < -0.3 is 10.2 Å². The van der Waals surface area contributed by atoms with Gasteiger partial charge in [0.2, 0.25) is 5.91 Å². The SMILES string of the molecule is CCNC(=O)CN1CCN(c2cc(C)c(C#N)c3nc4ccccc4n23)CC1. The van der Waals surface area contributed by atoms with Gasteiger partial charge in [-0.2, -0.15) is 5.26 Å². The number of aryl methyl sites for hydroxylation is 1. The van der Waals surface area contributed by atoms with Crippen LogP contribution < -0.4 is 10.2 Å². The topological polar surface area (TPSA) is 76.7 Å². The summed E-state index contributed by atoms with van der Waals surface area (Å²) >= 11 is 0. The first-order chi connectivity index (χ1) is 13.6. The van der Waals surface area contributed by atoms with Crippen molar-refractivity contribution in [3.63, 3.8) is 0 Å². The molecule has 0 spiro atoms. The summed E-state index contributed by atoms with van der Waals surface area (Å²) in [5.74, 6) is 1.13. The van der Waals surface area contributed by atoms with Crippen molar-refractivity contribution in [2.75, 3.05) is 44.2 Å². The van der Waals surface area contributed by atoms with E-state index in [0.29, 0.717) is 24.3 Å². The molecule has 1 aliphatic rings. The Labute approximate surface area is 164 Å². The highest BCUT2D eigenvalue weighted by molar-refractivity contribution is 5.85. The second-order valence-electron chi connectivity index (χ2n) is 7.15. The zero-order valence-electron chi connectivity index (χ0n) is 16.3. The molecular formula is C21H24N6O. The highest BCUT2D eigenvalue weighted by Gasteiger charge is 2.23. The van der Waals surface area contributed by atoms with Crippen molar-refractivity contribution in [3.05, 3.63) is 41.5 Å². The van der Waals surface area contributed by atoms with Gasteiger partial charge in [0, 0.05) is 32.7 Å². The second kappa shape index (κ2) is 7.49. The molecule has 4 rings (SSSR count). The number of carbonyl (C=O) groups is 1. The minimum absolute atomic E-state index is 0.0770. The number of anilines is 1. The fourth-order valence-electron chi connectivity index (χ4n) is 3.89. The molecule has 1 N–H and O–H groups in total. The number of imidazole rings is 1. The van der Waals surface area contributed by atoms with E-state index in [1.165, 1.54) is 0 Å². The Balaban J connectivity index is 1.68. The van der Waals surface area contributed by atoms with Gasteiger partial charge in [0.1, 0.15) is 11.9 Å². The van der Waals surface area contributed by atoms with E-state index in [0.717, 1.165) is 48.6 Å². The van der Waals surface area contributed by atoms with Gasteiger partial charge in [0.15, 0.2) is 5.65 Å². The largest absolute Gasteiger partial charge is 0.355 e. The number of nitrogens with zero attached hydrogens (tertiary/aromatic N) is 5. The average Bonchev–Trinajstić information content (AvgIpc) is 3.07. The number of nitriles is 1. The maximum Gasteiger partial charge on any atom is 0.234 e.